The van der Waals surface area contributed by atoms with Gasteiger partial charge in [-0.25, -0.2) is 4.79 Å². The van der Waals surface area contributed by atoms with E-state index in [-0.39, 0.29) is 11.4 Å². The Kier molecular flexibility index (Phi) is 6.20. The summed E-state index contributed by atoms with van der Waals surface area (Å²) in [6.45, 7) is 10.4. The van der Waals surface area contributed by atoms with Gasteiger partial charge in [-0.1, -0.05) is 13.5 Å². The molecule has 0 spiro atoms. The van der Waals surface area contributed by atoms with Gasteiger partial charge in [0.15, 0.2) is 5.79 Å². The molecule has 4 nitrogen and oxygen atoms in total. The minimum atomic E-state index is -0.935. The minimum absolute atomic E-state index is 0.176. The number of hydrogen-bond donors (Lipinski definition) is 1. The second-order valence-corrected chi connectivity index (χ2v) is 3.62. The highest BCUT2D eigenvalue weighted by atomic mass is 16.7. The van der Waals surface area contributed by atoms with Crippen LogP contribution in [-0.2, 0) is 14.3 Å². The maximum Gasteiger partial charge on any atom is 0.330 e. The van der Waals surface area contributed by atoms with Gasteiger partial charge in [-0.15, -0.1) is 0 Å². The minimum Gasteiger partial charge on any atom is -0.478 e. The Bertz CT molecular complexity index is 205. The fourth-order valence-electron chi connectivity index (χ4n) is 0.881. The van der Waals surface area contributed by atoms with Crippen molar-refractivity contribution in [2.45, 2.75) is 39.4 Å². The molecule has 88 valence electrons. The zero-order valence-corrected chi connectivity index (χ0v) is 9.71. The smallest absolute Gasteiger partial charge is 0.330 e. The molecule has 1 aliphatic heterocycles. The highest BCUT2D eigenvalue weighted by molar-refractivity contribution is 5.84. The van der Waals surface area contributed by atoms with Gasteiger partial charge in [-0.3, -0.25) is 0 Å². The molecule has 1 rings (SSSR count). The molecule has 4 heteroatoms. The zero-order valence-electron chi connectivity index (χ0n) is 9.71. The first-order chi connectivity index (χ1) is 6.91. The van der Waals surface area contributed by atoms with Crippen molar-refractivity contribution in [2.75, 3.05) is 13.2 Å². The van der Waals surface area contributed by atoms with E-state index in [4.69, 9.17) is 14.6 Å². The van der Waals surface area contributed by atoms with Crippen LogP contribution in [0.25, 0.3) is 0 Å². The number of carbonyl (C=O) groups is 1. The molecule has 1 aliphatic rings. The monoisotopic (exact) mass is 216 g/mol. The van der Waals surface area contributed by atoms with Crippen molar-refractivity contribution in [3.8, 4) is 0 Å². The second-order valence-electron chi connectivity index (χ2n) is 3.62. The third-order valence-corrected chi connectivity index (χ3v) is 2.11. The van der Waals surface area contributed by atoms with Crippen molar-refractivity contribution in [2.24, 2.45) is 0 Å². The molecule has 15 heavy (non-hydrogen) atoms. The number of aliphatic carboxylic acids is 1. The van der Waals surface area contributed by atoms with Crippen molar-refractivity contribution in [3.05, 3.63) is 12.2 Å². The molecule has 0 atom stereocenters. The van der Waals surface area contributed by atoms with Gasteiger partial charge in [0.05, 0.1) is 13.2 Å². The summed E-state index contributed by atoms with van der Waals surface area (Å²) < 4.78 is 10.8. The Morgan fingerprint density at radius 3 is 2.07 bits per heavy atom. The first-order valence-electron chi connectivity index (χ1n) is 5.08. The fourth-order valence-corrected chi connectivity index (χ4v) is 0.881. The molecule has 0 aromatic rings. The maximum absolute atomic E-state index is 9.60. The van der Waals surface area contributed by atoms with Crippen molar-refractivity contribution < 1.29 is 19.4 Å². The maximum atomic E-state index is 9.60. The molecule has 0 aliphatic carbocycles. The van der Waals surface area contributed by atoms with E-state index in [1.54, 1.807) is 0 Å². The zero-order chi connectivity index (χ0) is 11.9. The van der Waals surface area contributed by atoms with E-state index in [2.05, 4.69) is 13.5 Å². The van der Waals surface area contributed by atoms with Crippen LogP contribution in [0.3, 0.4) is 0 Å². The molecular formula is C11H20O4. The van der Waals surface area contributed by atoms with Crippen LogP contribution >= 0.6 is 0 Å². The van der Waals surface area contributed by atoms with Crippen molar-refractivity contribution in [1.29, 1.82) is 0 Å². The van der Waals surface area contributed by atoms with E-state index in [1.807, 2.05) is 6.92 Å². The van der Waals surface area contributed by atoms with Gasteiger partial charge in [-0.2, -0.15) is 0 Å². The number of carboxylic acid groups (broad SMARTS) is 1. The van der Waals surface area contributed by atoms with E-state index in [0.717, 1.165) is 26.1 Å². The molecular weight excluding hydrogens is 196 g/mol. The molecule has 1 N–H and O–H groups in total. The number of ether oxygens (including phenoxy) is 2. The molecule has 1 fully saturated rings. The highest BCUT2D eigenvalue weighted by Gasteiger charge is 2.25. The first-order valence-corrected chi connectivity index (χ1v) is 5.08. The molecule has 0 bridgehead atoms. The highest BCUT2D eigenvalue weighted by Crippen LogP contribution is 2.20. The summed E-state index contributed by atoms with van der Waals surface area (Å²) in [6, 6.07) is 0. The third-order valence-electron chi connectivity index (χ3n) is 2.11. The van der Waals surface area contributed by atoms with Crippen LogP contribution in [0.15, 0.2) is 12.2 Å². The lowest BCUT2D eigenvalue weighted by molar-refractivity contribution is -0.256. The van der Waals surface area contributed by atoms with Gasteiger partial charge in [0.1, 0.15) is 0 Å². The van der Waals surface area contributed by atoms with Crippen LogP contribution in [0.2, 0.25) is 0 Å². The lowest BCUT2D eigenvalue weighted by atomic mass is 10.2. The molecule has 0 aromatic heterocycles. The van der Waals surface area contributed by atoms with E-state index in [1.165, 1.54) is 6.92 Å². The number of hydrogen-bond acceptors (Lipinski definition) is 3. The van der Waals surface area contributed by atoms with Crippen LogP contribution in [0.1, 0.15) is 33.6 Å². The molecule has 0 amide bonds. The summed E-state index contributed by atoms with van der Waals surface area (Å²) in [5, 5.41) is 7.89. The van der Waals surface area contributed by atoms with Gasteiger partial charge in [0.2, 0.25) is 0 Å². The quantitative estimate of drug-likeness (QED) is 0.719. The SMILES string of the molecule is C=C(C)C(=O)O.CCC1(C)OCCCO1. The van der Waals surface area contributed by atoms with Gasteiger partial charge >= 0.3 is 5.97 Å². The van der Waals surface area contributed by atoms with Crippen molar-refractivity contribution in [1.82, 2.24) is 0 Å². The molecule has 0 radical (unpaired) electrons. The summed E-state index contributed by atoms with van der Waals surface area (Å²) in [6.07, 6.45) is 1.97. The van der Waals surface area contributed by atoms with Crippen molar-refractivity contribution >= 4 is 5.97 Å². The van der Waals surface area contributed by atoms with Crippen molar-refractivity contribution in [3.63, 3.8) is 0 Å². The van der Waals surface area contributed by atoms with E-state index < -0.39 is 5.97 Å². The van der Waals surface area contributed by atoms with Crippen LogP contribution in [0, 0.1) is 0 Å². The topological polar surface area (TPSA) is 55.8 Å². The van der Waals surface area contributed by atoms with E-state index in [9.17, 15) is 4.79 Å². The standard InChI is InChI=1S/C7H14O2.C4H6O2/c1-3-7(2)8-5-4-6-9-7;1-3(2)4(5)6/h3-6H2,1-2H3;1H2,2H3,(H,5,6). The van der Waals surface area contributed by atoms with Gasteiger partial charge in [0, 0.05) is 5.57 Å². The molecule has 1 saturated heterocycles. The lowest BCUT2D eigenvalue weighted by Crippen LogP contribution is -2.36. The largest absolute Gasteiger partial charge is 0.478 e. The Balaban J connectivity index is 0.000000288. The van der Waals surface area contributed by atoms with Crippen LogP contribution in [0.5, 0.6) is 0 Å². The Morgan fingerprint density at radius 1 is 1.47 bits per heavy atom. The van der Waals surface area contributed by atoms with Crippen LogP contribution in [-0.4, -0.2) is 30.1 Å². The molecule has 0 aromatic carbocycles. The Morgan fingerprint density at radius 2 is 1.87 bits per heavy atom. The molecule has 0 unspecified atom stereocenters. The summed E-state index contributed by atoms with van der Waals surface area (Å²) in [5.41, 5.74) is 0.176. The third kappa shape index (κ3) is 6.25. The summed E-state index contributed by atoms with van der Waals surface area (Å²) in [5.74, 6) is -1.21. The van der Waals surface area contributed by atoms with E-state index in [0.29, 0.717) is 0 Å². The predicted octanol–water partition coefficient (Wildman–Crippen LogP) is 2.20. The Labute approximate surface area is 90.9 Å². The number of carboxylic acids is 1. The van der Waals surface area contributed by atoms with Gasteiger partial charge < -0.3 is 14.6 Å². The van der Waals surface area contributed by atoms with Gasteiger partial charge in [-0.05, 0) is 26.7 Å². The predicted molar refractivity (Wildman–Crippen MR) is 57.7 cm³/mol. The lowest BCUT2D eigenvalue weighted by Gasteiger charge is -2.32. The summed E-state index contributed by atoms with van der Waals surface area (Å²) in [4.78, 5) is 9.60. The second kappa shape index (κ2) is 6.58. The van der Waals surface area contributed by atoms with E-state index >= 15 is 0 Å². The van der Waals surface area contributed by atoms with Gasteiger partial charge in [0.25, 0.3) is 0 Å². The Hall–Kier alpha value is -0.870. The average molecular weight is 216 g/mol. The normalized spacial score (nSPS) is 18.6. The molecule has 0 saturated carbocycles. The molecule has 1 heterocycles. The van der Waals surface area contributed by atoms with Crippen LogP contribution in [0.4, 0.5) is 0 Å². The average Bonchev–Trinajstić information content (AvgIpc) is 2.20. The summed E-state index contributed by atoms with van der Waals surface area (Å²) in [7, 11) is 0. The number of rotatable bonds is 2. The fraction of sp³-hybridized carbons (Fsp3) is 0.727. The summed E-state index contributed by atoms with van der Waals surface area (Å²) >= 11 is 0. The first kappa shape index (κ1) is 14.1. The van der Waals surface area contributed by atoms with Crippen LogP contribution < -0.4 is 0 Å².